The molecule has 0 unspecified atom stereocenters. The summed E-state index contributed by atoms with van der Waals surface area (Å²) in [6.45, 7) is 2.39. The summed E-state index contributed by atoms with van der Waals surface area (Å²) in [4.78, 5) is 28.2. The molecule has 0 saturated carbocycles. The second-order valence-corrected chi connectivity index (χ2v) is 6.47. The minimum absolute atomic E-state index is 0.392. The third-order valence-electron chi connectivity index (χ3n) is 3.76. The van der Waals surface area contributed by atoms with Crippen molar-refractivity contribution in [3.63, 3.8) is 0 Å². The van der Waals surface area contributed by atoms with Gasteiger partial charge < -0.3 is 14.8 Å². The van der Waals surface area contributed by atoms with Crippen LogP contribution >= 0.6 is 11.3 Å². The molecule has 8 heteroatoms. The summed E-state index contributed by atoms with van der Waals surface area (Å²) in [6.07, 6.45) is 0. The lowest BCUT2D eigenvalue weighted by Gasteiger charge is -2.11. The van der Waals surface area contributed by atoms with Gasteiger partial charge in [0.25, 0.3) is 0 Å². The summed E-state index contributed by atoms with van der Waals surface area (Å²) in [6, 6.07) is 13.7. The van der Waals surface area contributed by atoms with Gasteiger partial charge in [0.15, 0.2) is 5.13 Å². The molecule has 28 heavy (non-hydrogen) atoms. The molecule has 7 nitrogen and oxygen atoms in total. The van der Waals surface area contributed by atoms with Crippen LogP contribution in [-0.2, 0) is 4.74 Å². The summed E-state index contributed by atoms with van der Waals surface area (Å²) >= 11 is 1.31. The number of ether oxygens (including phenoxy) is 2. The Balaban J connectivity index is 1.66. The van der Waals surface area contributed by atoms with E-state index in [1.807, 2.05) is 24.4 Å². The molecule has 3 aromatic rings. The van der Waals surface area contributed by atoms with Crippen molar-refractivity contribution in [3.8, 4) is 17.0 Å². The number of anilines is 2. The van der Waals surface area contributed by atoms with Gasteiger partial charge in [0, 0.05) is 10.9 Å². The van der Waals surface area contributed by atoms with E-state index in [0.29, 0.717) is 34.4 Å². The molecule has 2 amide bonds. The molecule has 0 aliphatic heterocycles. The molecular formula is C20H19N3O4S. The highest BCUT2D eigenvalue weighted by Crippen LogP contribution is 2.27. The normalized spacial score (nSPS) is 10.2. The van der Waals surface area contributed by atoms with Gasteiger partial charge in [-0.3, -0.25) is 5.32 Å². The van der Waals surface area contributed by atoms with Crippen molar-refractivity contribution in [2.75, 3.05) is 24.4 Å². The van der Waals surface area contributed by atoms with E-state index in [1.54, 1.807) is 36.4 Å². The van der Waals surface area contributed by atoms with Gasteiger partial charge in [-0.25, -0.2) is 14.6 Å². The SMILES string of the molecule is CCOc1ccccc1NC(=O)Nc1nc(-c2ccc(C(=O)OC)cc2)cs1. The summed E-state index contributed by atoms with van der Waals surface area (Å²) in [5.41, 5.74) is 2.58. The monoisotopic (exact) mass is 397 g/mol. The van der Waals surface area contributed by atoms with Crippen LogP contribution in [0, 0.1) is 0 Å². The summed E-state index contributed by atoms with van der Waals surface area (Å²) in [5.74, 6) is 0.210. The molecular weight excluding hydrogens is 378 g/mol. The van der Waals surface area contributed by atoms with Crippen molar-refractivity contribution >= 4 is 34.2 Å². The lowest BCUT2D eigenvalue weighted by atomic mass is 10.1. The number of amides is 2. The Morgan fingerprint density at radius 3 is 2.54 bits per heavy atom. The number of hydrogen-bond acceptors (Lipinski definition) is 6. The highest BCUT2D eigenvalue weighted by molar-refractivity contribution is 7.14. The Bertz CT molecular complexity index is 970. The van der Waals surface area contributed by atoms with Crippen LogP contribution in [-0.4, -0.2) is 30.7 Å². The highest BCUT2D eigenvalue weighted by Gasteiger charge is 2.11. The number of esters is 1. The second-order valence-electron chi connectivity index (χ2n) is 5.62. The van der Waals surface area contributed by atoms with Crippen LogP contribution in [0.15, 0.2) is 53.9 Å². The average molecular weight is 397 g/mol. The number of carbonyl (C=O) groups is 2. The number of nitrogens with one attached hydrogen (secondary N) is 2. The van der Waals surface area contributed by atoms with Crippen molar-refractivity contribution in [1.82, 2.24) is 4.98 Å². The van der Waals surface area contributed by atoms with Gasteiger partial charge in [0.05, 0.1) is 30.7 Å². The Morgan fingerprint density at radius 1 is 1.07 bits per heavy atom. The summed E-state index contributed by atoms with van der Waals surface area (Å²) < 4.78 is 10.2. The van der Waals surface area contributed by atoms with Gasteiger partial charge in [0.1, 0.15) is 5.75 Å². The van der Waals surface area contributed by atoms with Crippen molar-refractivity contribution < 1.29 is 19.1 Å². The molecule has 0 aliphatic carbocycles. The predicted octanol–water partition coefficient (Wildman–Crippen LogP) is 4.64. The maximum Gasteiger partial charge on any atom is 0.337 e. The number of benzene rings is 2. The van der Waals surface area contributed by atoms with Crippen LogP contribution < -0.4 is 15.4 Å². The standard InChI is InChI=1S/C20H19N3O4S/c1-3-27-17-7-5-4-6-15(17)21-19(25)23-20-22-16(12-28-20)13-8-10-14(11-9-13)18(24)26-2/h4-12H,3H2,1-2H3,(H2,21,22,23,25). The van der Waals surface area contributed by atoms with Crippen LogP contribution in [0.25, 0.3) is 11.3 Å². The molecule has 0 radical (unpaired) electrons. The van der Waals surface area contributed by atoms with Crippen LogP contribution in [0.5, 0.6) is 5.75 Å². The third kappa shape index (κ3) is 4.66. The number of nitrogens with zero attached hydrogens (tertiary/aromatic N) is 1. The van der Waals surface area contributed by atoms with E-state index in [2.05, 4.69) is 20.4 Å². The van der Waals surface area contributed by atoms with Gasteiger partial charge in [0.2, 0.25) is 0 Å². The molecule has 144 valence electrons. The molecule has 0 fully saturated rings. The van der Waals surface area contributed by atoms with E-state index < -0.39 is 12.0 Å². The first-order valence-electron chi connectivity index (χ1n) is 8.54. The number of carbonyl (C=O) groups excluding carboxylic acids is 2. The topological polar surface area (TPSA) is 89.5 Å². The third-order valence-corrected chi connectivity index (χ3v) is 4.52. The number of methoxy groups -OCH3 is 1. The Morgan fingerprint density at radius 2 is 1.82 bits per heavy atom. The number of urea groups is 1. The van der Waals surface area contributed by atoms with Gasteiger partial charge >= 0.3 is 12.0 Å². The summed E-state index contributed by atoms with van der Waals surface area (Å²) in [7, 11) is 1.34. The molecule has 2 N–H and O–H groups in total. The molecule has 2 aromatic carbocycles. The number of para-hydroxylation sites is 2. The Kier molecular flexibility index (Phi) is 6.23. The average Bonchev–Trinajstić information content (AvgIpc) is 3.17. The molecule has 0 atom stereocenters. The lowest BCUT2D eigenvalue weighted by molar-refractivity contribution is 0.0600. The van der Waals surface area contributed by atoms with Crippen molar-refractivity contribution in [1.29, 1.82) is 0 Å². The van der Waals surface area contributed by atoms with E-state index in [9.17, 15) is 9.59 Å². The van der Waals surface area contributed by atoms with E-state index in [1.165, 1.54) is 18.4 Å². The molecule has 0 bridgehead atoms. The van der Waals surface area contributed by atoms with E-state index in [0.717, 1.165) is 5.56 Å². The number of thiazole rings is 1. The van der Waals surface area contributed by atoms with Gasteiger partial charge in [-0.05, 0) is 31.2 Å². The van der Waals surface area contributed by atoms with Crippen LogP contribution in [0.1, 0.15) is 17.3 Å². The molecule has 1 heterocycles. The van der Waals surface area contributed by atoms with E-state index in [4.69, 9.17) is 4.74 Å². The first-order chi connectivity index (χ1) is 13.6. The van der Waals surface area contributed by atoms with Crippen molar-refractivity contribution in [2.45, 2.75) is 6.92 Å². The Hall–Kier alpha value is -3.39. The minimum atomic E-state index is -0.408. The lowest BCUT2D eigenvalue weighted by Crippen LogP contribution is -2.19. The second kappa shape index (κ2) is 9.01. The van der Waals surface area contributed by atoms with Gasteiger partial charge in [-0.15, -0.1) is 11.3 Å². The first-order valence-corrected chi connectivity index (χ1v) is 9.42. The maximum absolute atomic E-state index is 12.3. The quantitative estimate of drug-likeness (QED) is 0.592. The van der Waals surface area contributed by atoms with E-state index in [-0.39, 0.29) is 0 Å². The zero-order valence-electron chi connectivity index (χ0n) is 15.4. The number of hydrogen-bond donors (Lipinski definition) is 2. The smallest absolute Gasteiger partial charge is 0.337 e. The zero-order chi connectivity index (χ0) is 19.9. The fourth-order valence-corrected chi connectivity index (χ4v) is 3.18. The van der Waals surface area contributed by atoms with Crippen LogP contribution in [0.4, 0.5) is 15.6 Å². The van der Waals surface area contributed by atoms with Gasteiger partial charge in [-0.1, -0.05) is 24.3 Å². The summed E-state index contributed by atoms with van der Waals surface area (Å²) in [5, 5.41) is 7.76. The molecule has 3 rings (SSSR count). The number of rotatable bonds is 6. The molecule has 0 saturated heterocycles. The predicted molar refractivity (Wildman–Crippen MR) is 109 cm³/mol. The maximum atomic E-state index is 12.3. The molecule has 0 spiro atoms. The fourth-order valence-electron chi connectivity index (χ4n) is 2.46. The largest absolute Gasteiger partial charge is 0.492 e. The minimum Gasteiger partial charge on any atom is -0.492 e. The fraction of sp³-hybridized carbons (Fsp3) is 0.150. The van der Waals surface area contributed by atoms with Crippen molar-refractivity contribution in [3.05, 3.63) is 59.5 Å². The Labute approximate surface area is 166 Å². The first kappa shape index (κ1) is 19.4. The zero-order valence-corrected chi connectivity index (χ0v) is 16.2. The van der Waals surface area contributed by atoms with E-state index >= 15 is 0 Å². The van der Waals surface area contributed by atoms with Crippen molar-refractivity contribution in [2.24, 2.45) is 0 Å². The van der Waals surface area contributed by atoms with Crippen LogP contribution in [0.2, 0.25) is 0 Å². The van der Waals surface area contributed by atoms with Crippen LogP contribution in [0.3, 0.4) is 0 Å². The molecule has 1 aromatic heterocycles. The van der Waals surface area contributed by atoms with Gasteiger partial charge in [-0.2, -0.15) is 0 Å². The highest BCUT2D eigenvalue weighted by atomic mass is 32.1. The number of aromatic nitrogens is 1. The molecule has 0 aliphatic rings.